The third kappa shape index (κ3) is 2.76. The molecule has 2 N–H and O–H groups in total. The largest absolute Gasteiger partial charge is 0.324 e. The summed E-state index contributed by atoms with van der Waals surface area (Å²) in [6.45, 7) is 5.61. The van der Waals surface area contributed by atoms with Crippen LogP contribution in [0.25, 0.3) is 0 Å². The molecule has 0 heterocycles. The van der Waals surface area contributed by atoms with Gasteiger partial charge in [0.05, 0.1) is 0 Å². The highest BCUT2D eigenvalue weighted by Gasteiger charge is 2.36. The first-order valence-electron chi connectivity index (χ1n) is 4.71. The Morgan fingerprint density at radius 1 is 1.46 bits per heavy atom. The summed E-state index contributed by atoms with van der Waals surface area (Å²) < 4.78 is 25.6. The van der Waals surface area contributed by atoms with Gasteiger partial charge < -0.3 is 5.73 Å². The van der Waals surface area contributed by atoms with E-state index in [1.807, 2.05) is 6.92 Å². The van der Waals surface area contributed by atoms with E-state index < -0.39 is 5.92 Å². The van der Waals surface area contributed by atoms with E-state index in [-0.39, 0.29) is 24.8 Å². The summed E-state index contributed by atoms with van der Waals surface area (Å²) in [4.78, 5) is 0. The van der Waals surface area contributed by atoms with Crippen molar-refractivity contribution in [3.8, 4) is 0 Å². The van der Waals surface area contributed by atoms with E-state index in [1.54, 1.807) is 0 Å². The summed E-state index contributed by atoms with van der Waals surface area (Å²) >= 11 is 0. The third-order valence-corrected chi connectivity index (χ3v) is 2.84. The van der Waals surface area contributed by atoms with E-state index in [2.05, 4.69) is 6.58 Å². The maximum absolute atomic E-state index is 12.8. The van der Waals surface area contributed by atoms with Gasteiger partial charge >= 0.3 is 0 Å². The molecule has 3 heteroatoms. The predicted molar refractivity (Wildman–Crippen MR) is 49.7 cm³/mol. The Morgan fingerprint density at radius 3 is 2.31 bits per heavy atom. The van der Waals surface area contributed by atoms with Gasteiger partial charge in [-0.2, -0.15) is 0 Å². The van der Waals surface area contributed by atoms with Crippen LogP contribution in [-0.2, 0) is 0 Å². The number of halogens is 2. The summed E-state index contributed by atoms with van der Waals surface area (Å²) in [5, 5.41) is 0. The first kappa shape index (κ1) is 10.6. The van der Waals surface area contributed by atoms with Crippen LogP contribution in [-0.4, -0.2) is 12.0 Å². The molecule has 13 heavy (non-hydrogen) atoms. The fourth-order valence-corrected chi connectivity index (χ4v) is 1.82. The highest BCUT2D eigenvalue weighted by Crippen LogP contribution is 2.37. The molecule has 1 saturated carbocycles. The molecule has 1 aliphatic rings. The van der Waals surface area contributed by atoms with Crippen molar-refractivity contribution >= 4 is 0 Å². The Bertz CT molecular complexity index is 191. The van der Waals surface area contributed by atoms with E-state index >= 15 is 0 Å². The van der Waals surface area contributed by atoms with Crippen molar-refractivity contribution in [3.05, 3.63) is 12.2 Å². The Kier molecular flexibility index (Phi) is 3.06. The molecule has 0 spiro atoms. The van der Waals surface area contributed by atoms with E-state index in [0.717, 1.165) is 5.57 Å². The highest BCUT2D eigenvalue weighted by atomic mass is 19.3. The molecule has 76 valence electrons. The molecule has 0 saturated heterocycles. The zero-order valence-corrected chi connectivity index (χ0v) is 8.02. The van der Waals surface area contributed by atoms with Crippen molar-refractivity contribution < 1.29 is 8.78 Å². The van der Waals surface area contributed by atoms with Gasteiger partial charge in [-0.15, -0.1) is 0 Å². The van der Waals surface area contributed by atoms with Crippen LogP contribution in [0.15, 0.2) is 12.2 Å². The van der Waals surface area contributed by atoms with Crippen LogP contribution in [0.4, 0.5) is 8.78 Å². The third-order valence-electron chi connectivity index (χ3n) is 2.84. The molecule has 0 radical (unpaired) electrons. The van der Waals surface area contributed by atoms with E-state index in [4.69, 9.17) is 5.73 Å². The zero-order chi connectivity index (χ0) is 10.1. The van der Waals surface area contributed by atoms with Gasteiger partial charge in [0.15, 0.2) is 0 Å². The summed E-state index contributed by atoms with van der Waals surface area (Å²) in [7, 11) is 0. The zero-order valence-electron chi connectivity index (χ0n) is 8.02. The maximum atomic E-state index is 12.8. The summed E-state index contributed by atoms with van der Waals surface area (Å²) in [6, 6.07) is -0.101. The predicted octanol–water partition coefficient (Wildman–Crippen LogP) is 2.72. The Labute approximate surface area is 78.0 Å². The van der Waals surface area contributed by atoms with Crippen molar-refractivity contribution in [2.45, 2.75) is 44.6 Å². The second-order valence-corrected chi connectivity index (χ2v) is 4.07. The molecule has 1 unspecified atom stereocenters. The van der Waals surface area contributed by atoms with Crippen LogP contribution in [0, 0.1) is 5.92 Å². The number of alkyl halides is 2. The molecule has 1 rings (SSSR count). The fraction of sp³-hybridized carbons (Fsp3) is 0.800. The van der Waals surface area contributed by atoms with Crippen molar-refractivity contribution in [2.75, 3.05) is 0 Å². The molecular formula is C10H17F2N. The lowest BCUT2D eigenvalue weighted by atomic mass is 9.80. The minimum atomic E-state index is -2.45. The lowest BCUT2D eigenvalue weighted by Crippen LogP contribution is -2.36. The molecule has 1 nitrogen and oxygen atoms in total. The molecule has 0 aromatic rings. The quantitative estimate of drug-likeness (QED) is 0.664. The molecule has 1 fully saturated rings. The van der Waals surface area contributed by atoms with Crippen molar-refractivity contribution in [3.63, 3.8) is 0 Å². The van der Waals surface area contributed by atoms with Gasteiger partial charge in [-0.25, -0.2) is 8.78 Å². The van der Waals surface area contributed by atoms with Crippen LogP contribution < -0.4 is 5.73 Å². The molecule has 1 atom stereocenters. The first-order chi connectivity index (χ1) is 5.92. The van der Waals surface area contributed by atoms with Crippen LogP contribution in [0.2, 0.25) is 0 Å². The molecular weight excluding hydrogens is 172 g/mol. The van der Waals surface area contributed by atoms with Gasteiger partial charge in [0.2, 0.25) is 5.92 Å². The number of rotatable bonds is 2. The molecule has 0 amide bonds. The molecule has 0 bridgehead atoms. The maximum Gasteiger partial charge on any atom is 0.248 e. The normalized spacial score (nSPS) is 25.5. The van der Waals surface area contributed by atoms with Crippen molar-refractivity contribution in [2.24, 2.45) is 11.7 Å². The second kappa shape index (κ2) is 3.74. The van der Waals surface area contributed by atoms with Crippen LogP contribution in [0.1, 0.15) is 32.6 Å². The van der Waals surface area contributed by atoms with Gasteiger partial charge in [-0.05, 0) is 25.7 Å². The van der Waals surface area contributed by atoms with Gasteiger partial charge in [0.25, 0.3) is 0 Å². The van der Waals surface area contributed by atoms with Crippen molar-refractivity contribution in [1.82, 2.24) is 0 Å². The minimum Gasteiger partial charge on any atom is -0.324 e. The molecule has 0 aromatic carbocycles. The fourth-order valence-electron chi connectivity index (χ4n) is 1.82. The Balaban J connectivity index is 2.45. The SMILES string of the molecule is C=C(C)C(N)C1CCC(F)(F)CC1. The van der Waals surface area contributed by atoms with Crippen LogP contribution in [0.5, 0.6) is 0 Å². The average Bonchev–Trinajstić information content (AvgIpc) is 2.03. The van der Waals surface area contributed by atoms with Gasteiger partial charge in [-0.1, -0.05) is 12.2 Å². The molecule has 0 aliphatic heterocycles. The van der Waals surface area contributed by atoms with E-state index in [9.17, 15) is 8.78 Å². The van der Waals surface area contributed by atoms with Gasteiger partial charge in [0, 0.05) is 18.9 Å². The lowest BCUT2D eigenvalue weighted by molar-refractivity contribution is -0.0470. The number of nitrogens with two attached hydrogens (primary N) is 1. The Morgan fingerprint density at radius 2 is 1.92 bits per heavy atom. The summed E-state index contributed by atoms with van der Waals surface area (Å²) in [6.07, 6.45) is 1.03. The van der Waals surface area contributed by atoms with Crippen LogP contribution in [0.3, 0.4) is 0 Å². The average molecular weight is 189 g/mol. The highest BCUT2D eigenvalue weighted by molar-refractivity contribution is 5.03. The smallest absolute Gasteiger partial charge is 0.248 e. The van der Waals surface area contributed by atoms with Crippen molar-refractivity contribution in [1.29, 1.82) is 0 Å². The number of hydrogen-bond donors (Lipinski definition) is 1. The number of hydrogen-bond acceptors (Lipinski definition) is 1. The molecule has 1 aliphatic carbocycles. The van der Waals surface area contributed by atoms with Gasteiger partial charge in [0.1, 0.15) is 0 Å². The first-order valence-corrected chi connectivity index (χ1v) is 4.71. The second-order valence-electron chi connectivity index (χ2n) is 4.07. The van der Waals surface area contributed by atoms with E-state index in [0.29, 0.717) is 12.8 Å². The monoisotopic (exact) mass is 189 g/mol. The molecule has 0 aromatic heterocycles. The summed E-state index contributed by atoms with van der Waals surface area (Å²) in [5.74, 6) is -2.25. The van der Waals surface area contributed by atoms with Crippen LogP contribution >= 0.6 is 0 Å². The summed E-state index contributed by atoms with van der Waals surface area (Å²) in [5.41, 5.74) is 6.73. The standard InChI is InChI=1S/C10H17F2N/c1-7(2)9(13)8-3-5-10(11,12)6-4-8/h8-9H,1,3-6,13H2,2H3. The minimum absolute atomic E-state index is 0.0152. The topological polar surface area (TPSA) is 26.0 Å². The van der Waals surface area contributed by atoms with Gasteiger partial charge in [-0.3, -0.25) is 0 Å². The van der Waals surface area contributed by atoms with E-state index in [1.165, 1.54) is 0 Å². The Hall–Kier alpha value is -0.440. The lowest BCUT2D eigenvalue weighted by Gasteiger charge is -2.32.